The number of urea groups is 1. The second-order valence-corrected chi connectivity index (χ2v) is 5.34. The Morgan fingerprint density at radius 3 is 2.67 bits per heavy atom. The van der Waals surface area contributed by atoms with Crippen molar-refractivity contribution >= 4 is 17.5 Å². The summed E-state index contributed by atoms with van der Waals surface area (Å²) >= 11 is 0. The molecule has 1 saturated carbocycles. The van der Waals surface area contributed by atoms with Crippen molar-refractivity contribution in [2.75, 3.05) is 17.7 Å². The third kappa shape index (κ3) is 3.16. The molecule has 21 heavy (non-hydrogen) atoms. The number of anilines is 2. The van der Waals surface area contributed by atoms with Gasteiger partial charge in [0, 0.05) is 23.4 Å². The van der Waals surface area contributed by atoms with E-state index in [1.807, 2.05) is 6.07 Å². The van der Waals surface area contributed by atoms with E-state index >= 15 is 0 Å². The molecule has 1 fully saturated rings. The van der Waals surface area contributed by atoms with Crippen LogP contribution in [-0.4, -0.2) is 23.3 Å². The van der Waals surface area contributed by atoms with Crippen molar-refractivity contribution in [2.45, 2.75) is 19.3 Å². The number of aromatic nitrogens is 2. The zero-order chi connectivity index (χ0) is 14.8. The average molecular weight is 286 g/mol. The van der Waals surface area contributed by atoms with Gasteiger partial charge in [0.05, 0.1) is 7.11 Å². The number of carbonyl (C=O) groups is 1. The van der Waals surface area contributed by atoms with E-state index in [0.717, 1.165) is 11.4 Å². The highest BCUT2D eigenvalue weighted by molar-refractivity contribution is 5.99. The van der Waals surface area contributed by atoms with Gasteiger partial charge in [0.1, 0.15) is 5.75 Å². The SMILES string of the molecule is COc1ccc(NC(=O)Nc2cc(C3CC3C)[nH]n2)cc1. The Labute approximate surface area is 122 Å². The lowest BCUT2D eigenvalue weighted by Gasteiger charge is -2.06. The van der Waals surface area contributed by atoms with Gasteiger partial charge in [-0.25, -0.2) is 4.79 Å². The summed E-state index contributed by atoms with van der Waals surface area (Å²) in [5.74, 6) is 2.54. The van der Waals surface area contributed by atoms with Gasteiger partial charge in [-0.2, -0.15) is 5.10 Å². The zero-order valence-electron chi connectivity index (χ0n) is 12.0. The van der Waals surface area contributed by atoms with Crippen LogP contribution in [0.4, 0.5) is 16.3 Å². The minimum absolute atomic E-state index is 0.318. The number of ether oxygens (including phenoxy) is 1. The normalized spacial score (nSPS) is 19.9. The summed E-state index contributed by atoms with van der Waals surface area (Å²) in [6, 6.07) is 8.71. The molecule has 0 aliphatic heterocycles. The molecule has 2 unspecified atom stereocenters. The molecule has 6 nitrogen and oxygen atoms in total. The van der Waals surface area contributed by atoms with Gasteiger partial charge in [0.25, 0.3) is 0 Å². The number of hydrogen-bond acceptors (Lipinski definition) is 3. The second kappa shape index (κ2) is 5.47. The largest absolute Gasteiger partial charge is 0.497 e. The van der Waals surface area contributed by atoms with Gasteiger partial charge in [0.15, 0.2) is 5.82 Å². The van der Waals surface area contributed by atoms with Crippen molar-refractivity contribution in [3.05, 3.63) is 36.0 Å². The zero-order valence-corrected chi connectivity index (χ0v) is 12.0. The van der Waals surface area contributed by atoms with E-state index in [9.17, 15) is 4.79 Å². The van der Waals surface area contributed by atoms with Crippen molar-refractivity contribution in [2.24, 2.45) is 5.92 Å². The standard InChI is InChI=1S/C15H18N4O2/c1-9-7-12(9)13-8-14(19-18-13)17-15(20)16-10-3-5-11(21-2)6-4-10/h3-6,8-9,12H,7H2,1-2H3,(H3,16,17,18,19,20). The van der Waals surface area contributed by atoms with Crippen LogP contribution in [0.15, 0.2) is 30.3 Å². The number of nitrogens with zero attached hydrogens (tertiary/aromatic N) is 1. The quantitative estimate of drug-likeness (QED) is 0.807. The first-order valence-corrected chi connectivity index (χ1v) is 6.93. The van der Waals surface area contributed by atoms with E-state index in [2.05, 4.69) is 27.8 Å². The average Bonchev–Trinajstić information content (AvgIpc) is 3.03. The minimum Gasteiger partial charge on any atom is -0.497 e. The van der Waals surface area contributed by atoms with Crippen LogP contribution < -0.4 is 15.4 Å². The number of aromatic amines is 1. The summed E-state index contributed by atoms with van der Waals surface area (Å²) in [6.07, 6.45) is 1.18. The Kier molecular flexibility index (Phi) is 3.51. The first kappa shape index (κ1) is 13.5. The van der Waals surface area contributed by atoms with Crippen LogP contribution in [0, 0.1) is 5.92 Å². The maximum absolute atomic E-state index is 11.9. The third-order valence-corrected chi connectivity index (χ3v) is 3.70. The summed E-state index contributed by atoms with van der Waals surface area (Å²) < 4.78 is 5.07. The number of nitrogens with one attached hydrogen (secondary N) is 3. The molecule has 1 aliphatic rings. The lowest BCUT2D eigenvalue weighted by atomic mass is 10.2. The Bertz CT molecular complexity index is 635. The number of methoxy groups -OCH3 is 1. The molecule has 3 N–H and O–H groups in total. The molecule has 3 rings (SSSR count). The van der Waals surface area contributed by atoms with E-state index in [1.165, 1.54) is 6.42 Å². The van der Waals surface area contributed by atoms with Crippen LogP contribution in [0.25, 0.3) is 0 Å². The second-order valence-electron chi connectivity index (χ2n) is 5.34. The van der Waals surface area contributed by atoms with Crippen LogP contribution in [0.5, 0.6) is 5.75 Å². The van der Waals surface area contributed by atoms with Crippen LogP contribution >= 0.6 is 0 Å². The van der Waals surface area contributed by atoms with E-state index in [-0.39, 0.29) is 6.03 Å². The number of rotatable bonds is 4. The molecular weight excluding hydrogens is 268 g/mol. The van der Waals surface area contributed by atoms with Crippen molar-refractivity contribution in [3.63, 3.8) is 0 Å². The monoisotopic (exact) mass is 286 g/mol. The van der Waals surface area contributed by atoms with E-state index < -0.39 is 0 Å². The Hall–Kier alpha value is -2.50. The van der Waals surface area contributed by atoms with E-state index in [1.54, 1.807) is 31.4 Å². The molecule has 6 heteroatoms. The smallest absolute Gasteiger partial charge is 0.324 e. The van der Waals surface area contributed by atoms with Crippen LogP contribution in [-0.2, 0) is 0 Å². The van der Waals surface area contributed by atoms with Crippen LogP contribution in [0.3, 0.4) is 0 Å². The molecule has 0 radical (unpaired) electrons. The Morgan fingerprint density at radius 2 is 2.05 bits per heavy atom. The molecule has 1 aromatic carbocycles. The van der Waals surface area contributed by atoms with Gasteiger partial charge >= 0.3 is 6.03 Å². The fourth-order valence-electron chi connectivity index (χ4n) is 2.30. The molecule has 0 saturated heterocycles. The molecule has 2 aromatic rings. The molecule has 1 aliphatic carbocycles. The van der Waals surface area contributed by atoms with Crippen LogP contribution in [0.2, 0.25) is 0 Å². The highest BCUT2D eigenvalue weighted by atomic mass is 16.5. The van der Waals surface area contributed by atoms with Gasteiger partial charge < -0.3 is 10.1 Å². The topological polar surface area (TPSA) is 79.0 Å². The number of hydrogen-bond donors (Lipinski definition) is 3. The third-order valence-electron chi connectivity index (χ3n) is 3.70. The molecule has 0 spiro atoms. The Balaban J connectivity index is 1.56. The summed E-state index contributed by atoms with van der Waals surface area (Å²) in [6.45, 7) is 2.20. The molecule has 2 amide bonds. The maximum Gasteiger partial charge on any atom is 0.324 e. The predicted octanol–water partition coefficient (Wildman–Crippen LogP) is 3.19. The maximum atomic E-state index is 11.9. The van der Waals surface area contributed by atoms with Gasteiger partial charge in [-0.1, -0.05) is 6.92 Å². The molecule has 110 valence electrons. The number of H-pyrrole nitrogens is 1. The van der Waals surface area contributed by atoms with E-state index in [4.69, 9.17) is 4.74 Å². The number of carbonyl (C=O) groups excluding carboxylic acids is 1. The van der Waals surface area contributed by atoms with Crippen molar-refractivity contribution in [1.82, 2.24) is 10.2 Å². The van der Waals surface area contributed by atoms with Crippen molar-refractivity contribution < 1.29 is 9.53 Å². The summed E-state index contributed by atoms with van der Waals surface area (Å²) in [7, 11) is 1.60. The fourth-order valence-corrected chi connectivity index (χ4v) is 2.30. The van der Waals surface area contributed by atoms with Crippen molar-refractivity contribution in [1.29, 1.82) is 0 Å². The fraction of sp³-hybridized carbons (Fsp3) is 0.333. The molecule has 1 heterocycles. The molecular formula is C15H18N4O2. The Morgan fingerprint density at radius 1 is 1.33 bits per heavy atom. The van der Waals surface area contributed by atoms with Gasteiger partial charge in [-0.15, -0.1) is 0 Å². The first-order chi connectivity index (χ1) is 10.2. The van der Waals surface area contributed by atoms with Crippen molar-refractivity contribution in [3.8, 4) is 5.75 Å². The molecule has 2 atom stereocenters. The van der Waals surface area contributed by atoms with E-state index in [0.29, 0.717) is 23.3 Å². The highest BCUT2D eigenvalue weighted by Gasteiger charge is 2.35. The number of benzene rings is 1. The van der Waals surface area contributed by atoms with Gasteiger partial charge in [-0.3, -0.25) is 10.4 Å². The minimum atomic E-state index is -0.318. The first-order valence-electron chi connectivity index (χ1n) is 6.93. The lowest BCUT2D eigenvalue weighted by molar-refractivity contribution is 0.262. The van der Waals surface area contributed by atoms with Gasteiger partial charge in [0.2, 0.25) is 0 Å². The van der Waals surface area contributed by atoms with Crippen LogP contribution in [0.1, 0.15) is 25.0 Å². The summed E-state index contributed by atoms with van der Waals surface area (Å²) in [5, 5.41) is 12.5. The molecule has 0 bridgehead atoms. The number of amides is 2. The lowest BCUT2D eigenvalue weighted by Crippen LogP contribution is -2.19. The highest BCUT2D eigenvalue weighted by Crippen LogP contribution is 2.46. The van der Waals surface area contributed by atoms with Gasteiger partial charge in [-0.05, 0) is 36.6 Å². The predicted molar refractivity (Wildman–Crippen MR) is 80.7 cm³/mol. The summed E-state index contributed by atoms with van der Waals surface area (Å²) in [5.41, 5.74) is 1.78. The molecule has 1 aromatic heterocycles. The summed E-state index contributed by atoms with van der Waals surface area (Å²) in [4.78, 5) is 11.9.